The summed E-state index contributed by atoms with van der Waals surface area (Å²) < 4.78 is 6.48. The average Bonchev–Trinajstić information content (AvgIpc) is 2.85. The normalized spacial score (nSPS) is 11.8. The molecule has 0 aliphatic rings. The second-order valence-electron chi connectivity index (χ2n) is 4.86. The number of rotatable bonds is 5. The van der Waals surface area contributed by atoms with E-state index in [0.29, 0.717) is 10.7 Å². The van der Waals surface area contributed by atoms with Crippen molar-refractivity contribution in [3.8, 4) is 5.75 Å². The molecule has 1 amide bonds. The lowest BCUT2D eigenvalue weighted by Crippen LogP contribution is -2.25. The standard InChI is InChI=1S/C14H15ClN4O4/c1-8-13(15)7-16-18(8)9(2)14(20)17-10-4-11(19(21)22)6-12(5-10)23-3/h4-7,9H,1-3H3,(H,17,20). The topological polar surface area (TPSA) is 99.3 Å². The first-order valence-electron chi connectivity index (χ1n) is 6.67. The predicted octanol–water partition coefficient (Wildman–Crippen LogP) is 2.96. The van der Waals surface area contributed by atoms with Gasteiger partial charge in [-0.15, -0.1) is 0 Å². The van der Waals surface area contributed by atoms with Crippen molar-refractivity contribution in [1.82, 2.24) is 9.78 Å². The summed E-state index contributed by atoms with van der Waals surface area (Å²) in [5, 5.41) is 18.0. The molecule has 1 aromatic heterocycles. The van der Waals surface area contributed by atoms with Gasteiger partial charge in [-0.3, -0.25) is 19.6 Å². The van der Waals surface area contributed by atoms with Crippen molar-refractivity contribution in [2.45, 2.75) is 19.9 Å². The molecular formula is C14H15ClN4O4. The van der Waals surface area contributed by atoms with Crippen molar-refractivity contribution in [2.75, 3.05) is 12.4 Å². The van der Waals surface area contributed by atoms with Crippen LogP contribution in [0.4, 0.5) is 11.4 Å². The van der Waals surface area contributed by atoms with Crippen LogP contribution in [0.15, 0.2) is 24.4 Å². The van der Waals surface area contributed by atoms with Gasteiger partial charge < -0.3 is 10.1 Å². The number of amides is 1. The molecule has 2 aromatic rings. The maximum atomic E-state index is 12.3. The maximum Gasteiger partial charge on any atom is 0.275 e. The Morgan fingerprint density at radius 3 is 2.70 bits per heavy atom. The number of nitrogens with zero attached hydrogens (tertiary/aromatic N) is 3. The molecule has 23 heavy (non-hydrogen) atoms. The molecule has 2 rings (SSSR count). The van der Waals surface area contributed by atoms with E-state index in [1.54, 1.807) is 13.8 Å². The first kappa shape index (κ1) is 16.8. The zero-order valence-corrected chi connectivity index (χ0v) is 13.5. The number of nitro groups is 1. The van der Waals surface area contributed by atoms with E-state index in [4.69, 9.17) is 16.3 Å². The molecule has 1 N–H and O–H groups in total. The summed E-state index contributed by atoms with van der Waals surface area (Å²) in [5.41, 5.74) is 0.750. The predicted molar refractivity (Wildman–Crippen MR) is 85.0 cm³/mol. The average molecular weight is 339 g/mol. The summed E-state index contributed by atoms with van der Waals surface area (Å²) >= 11 is 5.93. The van der Waals surface area contributed by atoms with E-state index >= 15 is 0 Å². The van der Waals surface area contributed by atoms with E-state index < -0.39 is 11.0 Å². The number of carbonyl (C=O) groups excluding carboxylic acids is 1. The summed E-state index contributed by atoms with van der Waals surface area (Å²) in [6, 6.07) is 3.40. The molecule has 1 aromatic carbocycles. The SMILES string of the molecule is COc1cc(NC(=O)C(C)n2ncc(Cl)c2C)cc([N+](=O)[O-])c1. The highest BCUT2D eigenvalue weighted by atomic mass is 35.5. The van der Waals surface area contributed by atoms with Crippen molar-refractivity contribution in [1.29, 1.82) is 0 Å². The molecule has 0 bridgehead atoms. The summed E-state index contributed by atoms with van der Waals surface area (Å²) in [6.07, 6.45) is 1.46. The number of hydrogen-bond donors (Lipinski definition) is 1. The Kier molecular flexibility index (Phi) is 4.85. The van der Waals surface area contributed by atoms with Crippen LogP contribution < -0.4 is 10.1 Å². The number of ether oxygens (including phenoxy) is 1. The highest BCUT2D eigenvalue weighted by Gasteiger charge is 2.20. The van der Waals surface area contributed by atoms with Crippen molar-refractivity contribution in [3.05, 3.63) is 45.2 Å². The van der Waals surface area contributed by atoms with Crippen LogP contribution in [-0.2, 0) is 4.79 Å². The number of anilines is 1. The Bertz CT molecular complexity index is 759. The quantitative estimate of drug-likeness (QED) is 0.667. The van der Waals surface area contributed by atoms with Gasteiger partial charge in [0.05, 0.1) is 40.7 Å². The monoisotopic (exact) mass is 338 g/mol. The Balaban J connectivity index is 2.24. The van der Waals surface area contributed by atoms with Gasteiger partial charge in [0.2, 0.25) is 5.91 Å². The van der Waals surface area contributed by atoms with Crippen molar-refractivity contribution < 1.29 is 14.5 Å². The number of aromatic nitrogens is 2. The first-order chi connectivity index (χ1) is 10.8. The van der Waals surface area contributed by atoms with Crippen LogP contribution in [-0.4, -0.2) is 27.7 Å². The fraction of sp³-hybridized carbons (Fsp3) is 0.286. The van der Waals surface area contributed by atoms with Gasteiger partial charge in [-0.1, -0.05) is 11.6 Å². The minimum atomic E-state index is -0.632. The van der Waals surface area contributed by atoms with E-state index in [0.717, 1.165) is 0 Å². The first-order valence-corrected chi connectivity index (χ1v) is 7.05. The maximum absolute atomic E-state index is 12.3. The van der Waals surface area contributed by atoms with E-state index in [-0.39, 0.29) is 23.0 Å². The molecule has 0 saturated heterocycles. The number of halogens is 1. The van der Waals surface area contributed by atoms with Crippen molar-refractivity contribution in [2.24, 2.45) is 0 Å². The van der Waals surface area contributed by atoms with Crippen molar-refractivity contribution in [3.63, 3.8) is 0 Å². The van der Waals surface area contributed by atoms with Gasteiger partial charge in [-0.25, -0.2) is 0 Å². The van der Waals surface area contributed by atoms with Gasteiger partial charge in [0.15, 0.2) is 0 Å². The van der Waals surface area contributed by atoms with Gasteiger partial charge in [0.25, 0.3) is 5.69 Å². The smallest absolute Gasteiger partial charge is 0.275 e. The van der Waals surface area contributed by atoms with Gasteiger partial charge in [0.1, 0.15) is 11.8 Å². The van der Waals surface area contributed by atoms with E-state index in [2.05, 4.69) is 10.4 Å². The lowest BCUT2D eigenvalue weighted by molar-refractivity contribution is -0.384. The number of methoxy groups -OCH3 is 1. The summed E-state index contributed by atoms with van der Waals surface area (Å²) in [5.74, 6) is -0.101. The summed E-state index contributed by atoms with van der Waals surface area (Å²) in [7, 11) is 1.39. The Morgan fingerprint density at radius 1 is 1.48 bits per heavy atom. The van der Waals surface area contributed by atoms with Crippen LogP contribution in [0.5, 0.6) is 5.75 Å². The van der Waals surface area contributed by atoms with Gasteiger partial charge in [-0.2, -0.15) is 5.10 Å². The van der Waals surface area contributed by atoms with Crippen LogP contribution in [0.25, 0.3) is 0 Å². The number of non-ortho nitro benzene ring substituents is 1. The molecule has 0 saturated carbocycles. The number of benzene rings is 1. The van der Waals surface area contributed by atoms with Crippen LogP contribution in [0, 0.1) is 17.0 Å². The molecule has 0 fully saturated rings. The molecule has 122 valence electrons. The third kappa shape index (κ3) is 3.59. The molecule has 0 radical (unpaired) electrons. The molecule has 1 atom stereocenters. The minimum absolute atomic E-state index is 0.175. The van der Waals surface area contributed by atoms with E-state index in [1.807, 2.05) is 0 Å². The second kappa shape index (κ2) is 6.66. The van der Waals surface area contributed by atoms with Gasteiger partial charge in [-0.05, 0) is 13.8 Å². The summed E-state index contributed by atoms with van der Waals surface area (Å²) in [6.45, 7) is 3.40. The summed E-state index contributed by atoms with van der Waals surface area (Å²) in [4.78, 5) is 22.7. The number of carbonyl (C=O) groups is 1. The molecule has 8 nitrogen and oxygen atoms in total. The Labute approximate surface area is 137 Å². The Morgan fingerprint density at radius 2 is 2.17 bits per heavy atom. The highest BCUT2D eigenvalue weighted by molar-refractivity contribution is 6.31. The van der Waals surface area contributed by atoms with Crippen LogP contribution in [0.3, 0.4) is 0 Å². The largest absolute Gasteiger partial charge is 0.496 e. The molecule has 0 aliphatic carbocycles. The number of nitro benzene ring substituents is 1. The minimum Gasteiger partial charge on any atom is -0.496 e. The molecular weight excluding hydrogens is 324 g/mol. The molecule has 1 heterocycles. The van der Waals surface area contributed by atoms with Crippen molar-refractivity contribution >= 4 is 28.9 Å². The highest BCUT2D eigenvalue weighted by Crippen LogP contribution is 2.26. The van der Waals surface area contributed by atoms with Crippen LogP contribution in [0.1, 0.15) is 18.7 Å². The lowest BCUT2D eigenvalue weighted by atomic mass is 10.2. The molecule has 0 spiro atoms. The number of hydrogen-bond acceptors (Lipinski definition) is 5. The zero-order valence-electron chi connectivity index (χ0n) is 12.7. The Hall–Kier alpha value is -2.61. The second-order valence-corrected chi connectivity index (χ2v) is 5.27. The zero-order chi connectivity index (χ0) is 17.1. The fourth-order valence-corrected chi connectivity index (χ4v) is 2.16. The lowest BCUT2D eigenvalue weighted by Gasteiger charge is -2.15. The van der Waals surface area contributed by atoms with Crippen LogP contribution >= 0.6 is 11.6 Å². The fourth-order valence-electron chi connectivity index (χ4n) is 2.03. The van der Waals surface area contributed by atoms with E-state index in [9.17, 15) is 14.9 Å². The molecule has 0 aliphatic heterocycles. The van der Waals surface area contributed by atoms with Gasteiger partial charge in [0, 0.05) is 12.1 Å². The van der Waals surface area contributed by atoms with E-state index in [1.165, 1.54) is 36.2 Å². The van der Waals surface area contributed by atoms with Gasteiger partial charge >= 0.3 is 0 Å². The molecule has 9 heteroatoms. The third-order valence-electron chi connectivity index (χ3n) is 3.34. The molecule has 1 unspecified atom stereocenters. The number of nitrogens with one attached hydrogen (secondary N) is 1. The van der Waals surface area contributed by atoms with Crippen LogP contribution in [0.2, 0.25) is 5.02 Å². The third-order valence-corrected chi connectivity index (χ3v) is 3.71.